The molecule has 2 heterocycles. The minimum atomic E-state index is -0.235. The lowest BCUT2D eigenvalue weighted by Gasteiger charge is -2.35. The standard InChI is InChI=1S/C20H17FN4O/c21-16-6-8-17(9-7-16)24-10-12-25(13-11-24)20-18(14-22)23-19(26-20)15-4-2-1-3-5-15/h1-9H,10-13H2. The van der Waals surface area contributed by atoms with Crippen LogP contribution in [0.1, 0.15) is 5.69 Å². The van der Waals surface area contributed by atoms with E-state index in [0.717, 1.165) is 24.3 Å². The number of nitrogens with zero attached hydrogens (tertiary/aromatic N) is 4. The first-order chi connectivity index (χ1) is 12.7. The third kappa shape index (κ3) is 3.11. The molecule has 1 aromatic heterocycles. The van der Waals surface area contributed by atoms with Gasteiger partial charge in [0.2, 0.25) is 17.5 Å². The lowest BCUT2D eigenvalue weighted by Crippen LogP contribution is -2.46. The average molecular weight is 348 g/mol. The molecule has 130 valence electrons. The van der Waals surface area contributed by atoms with Crippen molar-refractivity contribution in [1.82, 2.24) is 4.98 Å². The Labute approximate surface area is 150 Å². The molecule has 2 aromatic carbocycles. The number of rotatable bonds is 3. The topological polar surface area (TPSA) is 56.3 Å². The van der Waals surface area contributed by atoms with Gasteiger partial charge in [0.25, 0.3) is 0 Å². The normalized spacial score (nSPS) is 14.3. The Morgan fingerprint density at radius 2 is 1.58 bits per heavy atom. The summed E-state index contributed by atoms with van der Waals surface area (Å²) in [6, 6.07) is 18.2. The molecule has 1 fully saturated rings. The van der Waals surface area contributed by atoms with E-state index < -0.39 is 0 Å². The summed E-state index contributed by atoms with van der Waals surface area (Å²) in [5, 5.41) is 9.42. The van der Waals surface area contributed by atoms with Crippen LogP contribution in [-0.2, 0) is 0 Å². The molecule has 5 nitrogen and oxygen atoms in total. The van der Waals surface area contributed by atoms with Gasteiger partial charge in [-0.1, -0.05) is 18.2 Å². The van der Waals surface area contributed by atoms with E-state index >= 15 is 0 Å². The number of anilines is 2. The summed E-state index contributed by atoms with van der Waals surface area (Å²) < 4.78 is 19.0. The molecule has 1 saturated heterocycles. The number of piperazine rings is 1. The monoisotopic (exact) mass is 348 g/mol. The van der Waals surface area contributed by atoms with E-state index in [1.54, 1.807) is 12.1 Å². The van der Waals surface area contributed by atoms with Gasteiger partial charge in [-0.3, -0.25) is 0 Å². The van der Waals surface area contributed by atoms with Crippen LogP contribution in [0.4, 0.5) is 16.0 Å². The lowest BCUT2D eigenvalue weighted by molar-refractivity contribution is 0.531. The summed E-state index contributed by atoms with van der Waals surface area (Å²) in [6.07, 6.45) is 0. The molecule has 0 atom stereocenters. The van der Waals surface area contributed by atoms with Crippen molar-refractivity contribution in [3.8, 4) is 17.5 Å². The van der Waals surface area contributed by atoms with Crippen LogP contribution in [0.25, 0.3) is 11.5 Å². The van der Waals surface area contributed by atoms with Crippen LogP contribution < -0.4 is 9.80 Å². The highest BCUT2D eigenvalue weighted by Gasteiger charge is 2.24. The molecule has 0 radical (unpaired) electrons. The fourth-order valence-electron chi connectivity index (χ4n) is 3.12. The highest BCUT2D eigenvalue weighted by molar-refractivity contribution is 5.60. The van der Waals surface area contributed by atoms with Crippen molar-refractivity contribution >= 4 is 11.6 Å². The third-order valence-corrected chi connectivity index (χ3v) is 4.49. The first-order valence-electron chi connectivity index (χ1n) is 8.46. The van der Waals surface area contributed by atoms with Gasteiger partial charge in [-0.15, -0.1) is 0 Å². The number of hydrogen-bond acceptors (Lipinski definition) is 5. The van der Waals surface area contributed by atoms with Gasteiger partial charge >= 0.3 is 0 Å². The van der Waals surface area contributed by atoms with Crippen LogP contribution in [0, 0.1) is 17.1 Å². The van der Waals surface area contributed by atoms with Crippen LogP contribution in [-0.4, -0.2) is 31.2 Å². The Kier molecular flexibility index (Phi) is 4.28. The molecular formula is C20H17FN4O. The Morgan fingerprint density at radius 1 is 0.923 bits per heavy atom. The maximum atomic E-state index is 13.1. The summed E-state index contributed by atoms with van der Waals surface area (Å²) in [5.41, 5.74) is 2.15. The second-order valence-electron chi connectivity index (χ2n) is 6.10. The average Bonchev–Trinajstić information content (AvgIpc) is 3.14. The molecule has 0 N–H and O–H groups in total. The van der Waals surface area contributed by atoms with E-state index in [4.69, 9.17) is 4.42 Å². The Morgan fingerprint density at radius 3 is 2.23 bits per heavy atom. The van der Waals surface area contributed by atoms with Gasteiger partial charge < -0.3 is 14.2 Å². The van der Waals surface area contributed by atoms with Gasteiger partial charge in [-0.25, -0.2) is 4.39 Å². The SMILES string of the molecule is N#Cc1nc(-c2ccccc2)oc1N1CCN(c2ccc(F)cc2)CC1. The van der Waals surface area contributed by atoms with Crippen molar-refractivity contribution in [2.75, 3.05) is 36.0 Å². The molecule has 4 rings (SSSR count). The minimum Gasteiger partial charge on any atom is -0.419 e. The molecular weight excluding hydrogens is 331 g/mol. The lowest BCUT2D eigenvalue weighted by atomic mass is 10.2. The molecule has 0 bridgehead atoms. The Bertz CT molecular complexity index is 923. The predicted molar refractivity (Wildman–Crippen MR) is 97.5 cm³/mol. The summed E-state index contributed by atoms with van der Waals surface area (Å²) in [7, 11) is 0. The van der Waals surface area contributed by atoms with Crippen LogP contribution in [0.2, 0.25) is 0 Å². The van der Waals surface area contributed by atoms with Crippen molar-refractivity contribution in [3.05, 3.63) is 66.1 Å². The summed E-state index contributed by atoms with van der Waals surface area (Å²) in [6.45, 7) is 2.93. The largest absolute Gasteiger partial charge is 0.419 e. The molecule has 0 spiro atoms. The Hall–Kier alpha value is -3.33. The smallest absolute Gasteiger partial charge is 0.235 e. The summed E-state index contributed by atoms with van der Waals surface area (Å²) in [4.78, 5) is 8.57. The predicted octanol–water partition coefficient (Wildman–Crippen LogP) is 3.68. The zero-order valence-corrected chi connectivity index (χ0v) is 14.1. The van der Waals surface area contributed by atoms with Crippen molar-refractivity contribution in [2.24, 2.45) is 0 Å². The second-order valence-corrected chi connectivity index (χ2v) is 6.10. The van der Waals surface area contributed by atoms with Gasteiger partial charge in [0.1, 0.15) is 11.9 Å². The highest BCUT2D eigenvalue weighted by Crippen LogP contribution is 2.29. The second kappa shape index (κ2) is 6.89. The van der Waals surface area contributed by atoms with Gasteiger partial charge in [0, 0.05) is 37.4 Å². The molecule has 6 heteroatoms. The molecule has 26 heavy (non-hydrogen) atoms. The van der Waals surface area contributed by atoms with Crippen LogP contribution in [0.3, 0.4) is 0 Å². The number of halogens is 1. The zero-order chi connectivity index (χ0) is 17.9. The first kappa shape index (κ1) is 16.2. The highest BCUT2D eigenvalue weighted by atomic mass is 19.1. The number of hydrogen-bond donors (Lipinski definition) is 0. The van der Waals surface area contributed by atoms with Crippen molar-refractivity contribution < 1.29 is 8.81 Å². The van der Waals surface area contributed by atoms with Crippen LogP contribution >= 0.6 is 0 Å². The van der Waals surface area contributed by atoms with Crippen LogP contribution in [0.5, 0.6) is 0 Å². The number of oxazole rings is 1. The van der Waals surface area contributed by atoms with Gasteiger partial charge in [-0.2, -0.15) is 10.2 Å². The molecule has 0 saturated carbocycles. The van der Waals surface area contributed by atoms with E-state index in [1.807, 2.05) is 35.2 Å². The number of aromatic nitrogens is 1. The Balaban J connectivity index is 1.52. The van der Waals surface area contributed by atoms with E-state index in [2.05, 4.69) is 16.0 Å². The van der Waals surface area contributed by atoms with Gasteiger partial charge in [0.15, 0.2) is 0 Å². The first-order valence-corrected chi connectivity index (χ1v) is 8.46. The minimum absolute atomic E-state index is 0.235. The maximum Gasteiger partial charge on any atom is 0.235 e. The molecule has 0 unspecified atom stereocenters. The summed E-state index contributed by atoms with van der Waals surface area (Å²) >= 11 is 0. The fraction of sp³-hybridized carbons (Fsp3) is 0.200. The summed E-state index contributed by atoms with van der Waals surface area (Å²) in [5.74, 6) is 0.740. The van der Waals surface area contributed by atoms with Crippen molar-refractivity contribution in [3.63, 3.8) is 0 Å². The number of benzene rings is 2. The zero-order valence-electron chi connectivity index (χ0n) is 14.1. The fourth-order valence-corrected chi connectivity index (χ4v) is 3.12. The van der Waals surface area contributed by atoms with Crippen molar-refractivity contribution in [2.45, 2.75) is 0 Å². The molecule has 3 aromatic rings. The van der Waals surface area contributed by atoms with E-state index in [1.165, 1.54) is 12.1 Å². The number of nitriles is 1. The molecule has 1 aliphatic heterocycles. The van der Waals surface area contributed by atoms with E-state index in [0.29, 0.717) is 30.6 Å². The molecule has 1 aliphatic rings. The third-order valence-electron chi connectivity index (χ3n) is 4.49. The maximum absolute atomic E-state index is 13.1. The van der Waals surface area contributed by atoms with E-state index in [-0.39, 0.29) is 5.82 Å². The molecule has 0 amide bonds. The van der Waals surface area contributed by atoms with E-state index in [9.17, 15) is 9.65 Å². The quantitative estimate of drug-likeness (QED) is 0.723. The van der Waals surface area contributed by atoms with Gasteiger partial charge in [-0.05, 0) is 36.4 Å². The van der Waals surface area contributed by atoms with Crippen LogP contribution in [0.15, 0.2) is 59.0 Å². The van der Waals surface area contributed by atoms with Gasteiger partial charge in [0.05, 0.1) is 0 Å². The molecule has 0 aliphatic carbocycles. The van der Waals surface area contributed by atoms with Crippen molar-refractivity contribution in [1.29, 1.82) is 5.26 Å².